The molecule has 0 spiro atoms. The largest absolute Gasteiger partial charge is 0.508 e. The second-order valence-electron chi connectivity index (χ2n) is 9.30. The number of amides is 1. The number of thiophene rings is 1. The van der Waals surface area contributed by atoms with Gasteiger partial charge in [0.1, 0.15) is 5.75 Å². The molecule has 2 N–H and O–H groups in total. The molecule has 4 heterocycles. The average Bonchev–Trinajstić information content (AvgIpc) is 3.30. The van der Waals surface area contributed by atoms with Gasteiger partial charge in [-0.1, -0.05) is 6.58 Å². The van der Waals surface area contributed by atoms with Crippen molar-refractivity contribution in [2.45, 2.75) is 6.54 Å². The van der Waals surface area contributed by atoms with Gasteiger partial charge in [-0.2, -0.15) is 4.31 Å². The highest BCUT2D eigenvalue weighted by Gasteiger charge is 2.25. The number of hydrogen-bond donors (Lipinski definition) is 2. The van der Waals surface area contributed by atoms with Crippen LogP contribution in [0.5, 0.6) is 5.75 Å². The maximum absolute atomic E-state index is 11.9. The summed E-state index contributed by atoms with van der Waals surface area (Å²) in [4.78, 5) is 27.1. The molecule has 202 valence electrons. The molecule has 0 saturated carbocycles. The van der Waals surface area contributed by atoms with Crippen molar-refractivity contribution >= 4 is 49.0 Å². The Labute approximate surface area is 225 Å². The molecule has 5 rings (SSSR count). The number of fused-ring (bicyclic) bond motifs is 1. The third-order valence-electron chi connectivity index (χ3n) is 6.52. The first-order valence-electron chi connectivity index (χ1n) is 12.3. The van der Waals surface area contributed by atoms with E-state index < -0.39 is 10.0 Å². The van der Waals surface area contributed by atoms with E-state index in [4.69, 9.17) is 14.7 Å². The summed E-state index contributed by atoms with van der Waals surface area (Å²) in [6, 6.07) is 6.81. The smallest absolute Gasteiger partial charge is 0.247 e. The van der Waals surface area contributed by atoms with Crippen LogP contribution in [0.2, 0.25) is 0 Å². The first-order chi connectivity index (χ1) is 18.2. The molecule has 0 aliphatic carbocycles. The number of aromatic hydroxyl groups is 1. The number of hydrogen-bond acceptors (Lipinski definition) is 10. The summed E-state index contributed by atoms with van der Waals surface area (Å²) in [5, 5.41) is 13.0. The first-order valence-corrected chi connectivity index (χ1v) is 14.9. The fourth-order valence-electron chi connectivity index (χ4n) is 4.61. The van der Waals surface area contributed by atoms with Gasteiger partial charge in [0.2, 0.25) is 15.9 Å². The number of rotatable bonds is 7. The number of nitrogens with zero attached hydrogens (tertiary/aromatic N) is 5. The van der Waals surface area contributed by atoms with E-state index in [2.05, 4.69) is 27.8 Å². The van der Waals surface area contributed by atoms with Gasteiger partial charge < -0.3 is 20.1 Å². The molecule has 2 fully saturated rings. The van der Waals surface area contributed by atoms with Gasteiger partial charge in [0.15, 0.2) is 11.6 Å². The second-order valence-corrected chi connectivity index (χ2v) is 12.4. The molecule has 1 amide bonds. The summed E-state index contributed by atoms with van der Waals surface area (Å²) in [6.45, 7) is 9.07. The number of phenolic OH excluding ortho intramolecular Hbond substituents is 1. The van der Waals surface area contributed by atoms with Crippen molar-refractivity contribution in [2.75, 3.05) is 69.0 Å². The Kier molecular flexibility index (Phi) is 7.63. The number of phenols is 1. The lowest BCUT2D eigenvalue weighted by atomic mass is 10.1. The van der Waals surface area contributed by atoms with E-state index in [1.165, 1.54) is 16.6 Å². The van der Waals surface area contributed by atoms with Crippen molar-refractivity contribution in [2.24, 2.45) is 0 Å². The highest BCUT2D eigenvalue weighted by atomic mass is 32.2. The van der Waals surface area contributed by atoms with Gasteiger partial charge in [0.05, 0.1) is 29.7 Å². The zero-order chi connectivity index (χ0) is 26.9. The number of carbonyl (C=O) groups excluding carboxylic acids is 1. The van der Waals surface area contributed by atoms with Gasteiger partial charge >= 0.3 is 0 Å². The molecule has 0 unspecified atom stereocenters. The number of nitrogens with one attached hydrogen (secondary N) is 1. The molecule has 38 heavy (non-hydrogen) atoms. The van der Waals surface area contributed by atoms with Gasteiger partial charge in [0.25, 0.3) is 0 Å². The molecular weight excluding hydrogens is 528 g/mol. The van der Waals surface area contributed by atoms with Crippen molar-refractivity contribution in [3.05, 3.63) is 41.8 Å². The molecular formula is C25H30N6O5S2. The number of anilines is 2. The van der Waals surface area contributed by atoms with E-state index in [0.29, 0.717) is 76.1 Å². The molecule has 3 aromatic rings. The van der Waals surface area contributed by atoms with Crippen molar-refractivity contribution in [3.8, 4) is 17.1 Å². The maximum atomic E-state index is 11.9. The minimum Gasteiger partial charge on any atom is -0.508 e. The van der Waals surface area contributed by atoms with Crippen LogP contribution in [0.25, 0.3) is 21.6 Å². The summed E-state index contributed by atoms with van der Waals surface area (Å²) < 4.78 is 31.8. The lowest BCUT2D eigenvalue weighted by Gasteiger charge is -2.32. The average molecular weight is 559 g/mol. The standard InChI is InChI=1S/C25H30N6O5S2/c1-3-22(33)26-18-12-17(13-19(32)14-18)24-27-21-15-20(16-29-4-6-31(7-5-29)38(2,34)35)37-23(21)25(28-24)30-8-10-36-11-9-30/h3,12-15,32H,1,4-11,16H2,2H3,(H,26,33). The van der Waals surface area contributed by atoms with Gasteiger partial charge in [-0.25, -0.2) is 18.4 Å². The Morgan fingerprint density at radius 2 is 1.87 bits per heavy atom. The molecule has 1 aromatic carbocycles. The third kappa shape index (κ3) is 5.97. The Hall–Kier alpha value is -3.10. The quantitative estimate of drug-likeness (QED) is 0.419. The van der Waals surface area contributed by atoms with E-state index in [1.807, 2.05) is 0 Å². The van der Waals surface area contributed by atoms with Crippen LogP contribution >= 0.6 is 11.3 Å². The number of piperazine rings is 1. The van der Waals surface area contributed by atoms with Gasteiger partial charge in [-0.05, 0) is 24.3 Å². The Balaban J connectivity index is 1.48. The Morgan fingerprint density at radius 1 is 1.13 bits per heavy atom. The van der Waals surface area contributed by atoms with Gasteiger partial charge in [0, 0.05) is 68.0 Å². The van der Waals surface area contributed by atoms with E-state index in [1.54, 1.807) is 23.5 Å². The summed E-state index contributed by atoms with van der Waals surface area (Å²) in [6.07, 6.45) is 2.41. The summed E-state index contributed by atoms with van der Waals surface area (Å²) in [5.74, 6) is 0.853. The fourth-order valence-corrected chi connectivity index (χ4v) is 6.59. The third-order valence-corrected chi connectivity index (χ3v) is 8.93. The Morgan fingerprint density at radius 3 is 2.55 bits per heavy atom. The molecule has 0 atom stereocenters. The van der Waals surface area contributed by atoms with Gasteiger partial charge in [-0.15, -0.1) is 11.3 Å². The topological polar surface area (TPSA) is 128 Å². The van der Waals surface area contributed by atoms with Crippen molar-refractivity contribution in [3.63, 3.8) is 0 Å². The van der Waals surface area contributed by atoms with Gasteiger partial charge in [-0.3, -0.25) is 9.69 Å². The zero-order valence-electron chi connectivity index (χ0n) is 21.1. The first kappa shape index (κ1) is 26.5. The predicted molar refractivity (Wildman–Crippen MR) is 148 cm³/mol. The monoisotopic (exact) mass is 558 g/mol. The van der Waals surface area contributed by atoms with Crippen molar-refractivity contribution in [1.82, 2.24) is 19.2 Å². The van der Waals surface area contributed by atoms with E-state index >= 15 is 0 Å². The predicted octanol–water partition coefficient (Wildman–Crippen LogP) is 2.10. The second kappa shape index (κ2) is 10.9. The molecule has 2 aliphatic heterocycles. The number of aromatic nitrogens is 2. The summed E-state index contributed by atoms with van der Waals surface area (Å²) in [5.41, 5.74) is 1.79. The number of morpholine rings is 1. The molecule has 2 aromatic heterocycles. The summed E-state index contributed by atoms with van der Waals surface area (Å²) in [7, 11) is -3.18. The van der Waals surface area contributed by atoms with E-state index in [9.17, 15) is 18.3 Å². The number of sulfonamides is 1. The Bertz CT molecular complexity index is 1460. The molecule has 0 radical (unpaired) electrons. The lowest BCUT2D eigenvalue weighted by molar-refractivity contribution is -0.111. The zero-order valence-corrected chi connectivity index (χ0v) is 22.7. The van der Waals surface area contributed by atoms with Crippen LogP contribution in [0.1, 0.15) is 4.88 Å². The van der Waals surface area contributed by atoms with Crippen LogP contribution < -0.4 is 10.2 Å². The normalized spacial score (nSPS) is 17.6. The SMILES string of the molecule is C=CC(=O)Nc1cc(O)cc(-c2nc(N3CCOCC3)c3sc(CN4CCN(S(C)(=O)=O)CC4)cc3n2)c1. The summed E-state index contributed by atoms with van der Waals surface area (Å²) >= 11 is 1.64. The molecule has 13 heteroatoms. The maximum Gasteiger partial charge on any atom is 0.247 e. The van der Waals surface area contributed by atoms with Crippen molar-refractivity contribution in [1.29, 1.82) is 0 Å². The molecule has 0 bridgehead atoms. The minimum atomic E-state index is -3.18. The fraction of sp³-hybridized carbons (Fsp3) is 0.400. The molecule has 2 aliphatic rings. The van der Waals surface area contributed by atoms with Crippen LogP contribution in [0, 0.1) is 0 Å². The number of ether oxygens (including phenoxy) is 1. The van der Waals surface area contributed by atoms with Crippen LogP contribution in [0.15, 0.2) is 36.9 Å². The minimum absolute atomic E-state index is 0.0160. The molecule has 11 nitrogen and oxygen atoms in total. The number of benzene rings is 1. The van der Waals surface area contributed by atoms with E-state index in [-0.39, 0.29) is 11.7 Å². The van der Waals surface area contributed by atoms with Crippen molar-refractivity contribution < 1.29 is 23.1 Å². The highest BCUT2D eigenvalue weighted by Crippen LogP contribution is 2.36. The highest BCUT2D eigenvalue weighted by molar-refractivity contribution is 7.88. The van der Waals surface area contributed by atoms with Crippen LogP contribution in [0.4, 0.5) is 11.5 Å². The number of carbonyl (C=O) groups is 1. The van der Waals surface area contributed by atoms with Crippen LogP contribution in [-0.2, 0) is 26.1 Å². The van der Waals surface area contributed by atoms with E-state index in [0.717, 1.165) is 27.0 Å². The van der Waals surface area contributed by atoms with Crippen LogP contribution in [-0.4, -0.2) is 97.3 Å². The van der Waals surface area contributed by atoms with Crippen LogP contribution in [0.3, 0.4) is 0 Å². The molecule has 2 saturated heterocycles. The lowest BCUT2D eigenvalue weighted by Crippen LogP contribution is -2.47.